The highest BCUT2D eigenvalue weighted by Crippen LogP contribution is 2.44. The normalized spacial score (nSPS) is 15.3. The van der Waals surface area contributed by atoms with E-state index < -0.39 is 5.97 Å². The third-order valence-electron chi connectivity index (χ3n) is 5.09. The summed E-state index contributed by atoms with van der Waals surface area (Å²) in [5, 5.41) is 21.6. The number of carbonyl (C=O) groups is 1. The first-order valence-corrected chi connectivity index (χ1v) is 11.1. The molecule has 9 heteroatoms. The molecule has 1 saturated heterocycles. The second-order valence-corrected chi connectivity index (χ2v) is 9.17. The van der Waals surface area contributed by atoms with E-state index in [-0.39, 0.29) is 10.8 Å². The van der Waals surface area contributed by atoms with Crippen LogP contribution in [0, 0.1) is 11.3 Å². The van der Waals surface area contributed by atoms with E-state index in [2.05, 4.69) is 6.07 Å². The second-order valence-electron chi connectivity index (χ2n) is 7.36. The van der Waals surface area contributed by atoms with Crippen LogP contribution in [0.4, 0.5) is 5.00 Å². The van der Waals surface area contributed by atoms with Gasteiger partial charge in [0.25, 0.3) is 0 Å². The van der Waals surface area contributed by atoms with Gasteiger partial charge in [-0.05, 0) is 44.8 Å². The van der Waals surface area contributed by atoms with Gasteiger partial charge in [-0.2, -0.15) is 5.26 Å². The molecule has 3 rings (SSSR count). The van der Waals surface area contributed by atoms with Gasteiger partial charge >= 0.3 is 5.97 Å². The van der Waals surface area contributed by atoms with E-state index in [1.807, 2.05) is 30.0 Å². The number of nitrogens with zero attached hydrogens (tertiary/aromatic N) is 3. The lowest BCUT2D eigenvalue weighted by Gasteiger charge is -2.28. The molecule has 1 aromatic heterocycles. The summed E-state index contributed by atoms with van der Waals surface area (Å²) < 4.78 is 5.42. The Hall–Kier alpha value is -1.82. The third-order valence-corrected chi connectivity index (χ3v) is 7.08. The molecule has 0 amide bonds. The fourth-order valence-corrected chi connectivity index (χ4v) is 5.12. The molecule has 2 heterocycles. The van der Waals surface area contributed by atoms with Crippen molar-refractivity contribution in [3.63, 3.8) is 0 Å². The van der Waals surface area contributed by atoms with Crippen LogP contribution >= 0.6 is 34.5 Å². The van der Waals surface area contributed by atoms with Crippen LogP contribution in [0.2, 0.25) is 10.0 Å². The Balaban J connectivity index is 2.17. The van der Waals surface area contributed by atoms with Crippen LogP contribution in [0.1, 0.15) is 38.7 Å². The largest absolute Gasteiger partial charge is 0.477 e. The van der Waals surface area contributed by atoms with E-state index in [0.717, 1.165) is 12.1 Å². The molecule has 1 aromatic carbocycles. The molecule has 1 N–H and O–H groups in total. The van der Waals surface area contributed by atoms with Gasteiger partial charge in [0.15, 0.2) is 0 Å². The molecular weight excluding hydrogens is 445 g/mol. The van der Waals surface area contributed by atoms with Crippen molar-refractivity contribution in [2.24, 2.45) is 0 Å². The highest BCUT2D eigenvalue weighted by molar-refractivity contribution is 7.18. The van der Waals surface area contributed by atoms with Crippen LogP contribution < -0.4 is 4.90 Å². The van der Waals surface area contributed by atoms with Gasteiger partial charge < -0.3 is 19.6 Å². The molecule has 0 spiro atoms. The molecule has 2 aromatic rings. The Kier molecular flexibility index (Phi) is 7.61. The molecule has 0 radical (unpaired) electrons. The zero-order chi connectivity index (χ0) is 21.8. The highest BCUT2D eigenvalue weighted by Gasteiger charge is 2.32. The Labute approximate surface area is 190 Å². The van der Waals surface area contributed by atoms with E-state index >= 15 is 0 Å². The number of ether oxygens (including phenoxy) is 1. The molecular formula is C21H23Cl2N3O3S. The minimum absolute atomic E-state index is 0.197. The molecule has 1 unspecified atom stereocenters. The Morgan fingerprint density at radius 1 is 1.33 bits per heavy atom. The predicted molar refractivity (Wildman–Crippen MR) is 121 cm³/mol. The summed E-state index contributed by atoms with van der Waals surface area (Å²) in [5.41, 5.74) is 1.82. The number of thiophene rings is 1. The zero-order valence-electron chi connectivity index (χ0n) is 16.8. The third kappa shape index (κ3) is 4.90. The van der Waals surface area contributed by atoms with E-state index in [0.29, 0.717) is 58.9 Å². The number of rotatable bonds is 7. The number of hydrogen-bond donors (Lipinski definition) is 1. The average Bonchev–Trinajstić information content (AvgIpc) is 3.11. The van der Waals surface area contributed by atoms with E-state index in [1.165, 1.54) is 11.3 Å². The van der Waals surface area contributed by atoms with Gasteiger partial charge in [-0.3, -0.25) is 0 Å². The van der Waals surface area contributed by atoms with Crippen molar-refractivity contribution in [3.05, 3.63) is 49.8 Å². The lowest BCUT2D eigenvalue weighted by atomic mass is 9.86. The maximum Gasteiger partial charge on any atom is 0.346 e. The topological polar surface area (TPSA) is 76.8 Å². The van der Waals surface area contributed by atoms with Crippen LogP contribution in [0.25, 0.3) is 0 Å². The lowest BCUT2D eigenvalue weighted by molar-refractivity contribution is 0.0700. The number of aromatic carboxylic acids is 1. The first-order chi connectivity index (χ1) is 14.3. The maximum absolute atomic E-state index is 12.2. The highest BCUT2D eigenvalue weighted by atomic mass is 35.5. The van der Waals surface area contributed by atoms with E-state index in [9.17, 15) is 15.2 Å². The number of carboxylic acid groups (broad SMARTS) is 1. The molecule has 160 valence electrons. The average molecular weight is 468 g/mol. The maximum atomic E-state index is 12.2. The van der Waals surface area contributed by atoms with Crippen LogP contribution in [0.15, 0.2) is 18.2 Å². The van der Waals surface area contributed by atoms with E-state index in [4.69, 9.17) is 27.9 Å². The number of hydrogen-bond acceptors (Lipinski definition) is 6. The molecule has 0 saturated carbocycles. The second kappa shape index (κ2) is 9.99. The van der Waals surface area contributed by atoms with Gasteiger partial charge in [-0.25, -0.2) is 4.79 Å². The summed E-state index contributed by atoms with van der Waals surface area (Å²) in [5.74, 6) is -1.32. The van der Waals surface area contributed by atoms with Gasteiger partial charge in [-0.15, -0.1) is 11.3 Å². The summed E-state index contributed by atoms with van der Waals surface area (Å²) >= 11 is 13.5. The number of benzene rings is 1. The zero-order valence-corrected chi connectivity index (χ0v) is 19.1. The van der Waals surface area contributed by atoms with Crippen molar-refractivity contribution in [2.45, 2.75) is 12.3 Å². The summed E-state index contributed by atoms with van der Waals surface area (Å²) in [6, 6.07) is 7.63. The van der Waals surface area contributed by atoms with Crippen molar-refractivity contribution in [2.75, 3.05) is 51.8 Å². The van der Waals surface area contributed by atoms with Crippen LogP contribution in [0.3, 0.4) is 0 Å². The molecule has 1 aliphatic heterocycles. The standard InChI is InChI=1S/C21H23Cl2N3O3S/c1-25(2)6-5-14(13-3-4-16(22)17(23)11-13)18-15(12-24)20(30-19(18)21(27)28)26-7-9-29-10-8-26/h3-4,11,14H,5-10H2,1-2H3,(H,27,28). The molecule has 6 nitrogen and oxygen atoms in total. The summed E-state index contributed by atoms with van der Waals surface area (Å²) in [4.78, 5) is 16.5. The predicted octanol–water partition coefficient (Wildman–Crippen LogP) is 4.54. The minimum atomic E-state index is -1.03. The fraction of sp³-hybridized carbons (Fsp3) is 0.429. The number of morpholine rings is 1. The SMILES string of the molecule is CN(C)CCC(c1ccc(Cl)c(Cl)c1)c1c(C(=O)O)sc(N2CCOCC2)c1C#N. The Morgan fingerprint density at radius 3 is 2.60 bits per heavy atom. The smallest absolute Gasteiger partial charge is 0.346 e. The van der Waals surface area contributed by atoms with Gasteiger partial charge in [0.05, 0.1) is 28.8 Å². The summed E-state index contributed by atoms with van der Waals surface area (Å²) in [6.07, 6.45) is 0.638. The Morgan fingerprint density at radius 2 is 2.03 bits per heavy atom. The molecule has 0 bridgehead atoms. The van der Waals surface area contributed by atoms with Crippen molar-refractivity contribution in [1.82, 2.24) is 4.90 Å². The summed E-state index contributed by atoms with van der Waals surface area (Å²) in [7, 11) is 3.92. The minimum Gasteiger partial charge on any atom is -0.477 e. The van der Waals surface area contributed by atoms with Crippen molar-refractivity contribution < 1.29 is 14.6 Å². The first-order valence-electron chi connectivity index (χ1n) is 9.56. The van der Waals surface area contributed by atoms with Crippen LogP contribution in [0.5, 0.6) is 0 Å². The number of carboxylic acids is 1. The van der Waals surface area contributed by atoms with Crippen molar-refractivity contribution in [1.29, 1.82) is 5.26 Å². The van der Waals surface area contributed by atoms with Crippen LogP contribution in [-0.4, -0.2) is 62.9 Å². The molecule has 0 aliphatic carbocycles. The molecule has 1 fully saturated rings. The number of anilines is 1. The first kappa shape index (κ1) is 22.9. The molecule has 30 heavy (non-hydrogen) atoms. The lowest BCUT2D eigenvalue weighted by Crippen LogP contribution is -2.36. The van der Waals surface area contributed by atoms with Crippen molar-refractivity contribution in [3.8, 4) is 6.07 Å². The molecule has 1 aliphatic rings. The summed E-state index contributed by atoms with van der Waals surface area (Å²) in [6.45, 7) is 3.08. The molecule has 1 atom stereocenters. The van der Waals surface area contributed by atoms with Crippen LogP contribution in [-0.2, 0) is 4.74 Å². The van der Waals surface area contributed by atoms with E-state index in [1.54, 1.807) is 12.1 Å². The number of nitriles is 1. The fourth-order valence-electron chi connectivity index (χ4n) is 3.61. The van der Waals surface area contributed by atoms with Gasteiger partial charge in [-0.1, -0.05) is 29.3 Å². The number of halogens is 2. The monoisotopic (exact) mass is 467 g/mol. The quantitative estimate of drug-likeness (QED) is 0.643. The van der Waals surface area contributed by atoms with Gasteiger partial charge in [0, 0.05) is 24.6 Å². The Bertz CT molecular complexity index is 965. The van der Waals surface area contributed by atoms with Gasteiger partial charge in [0.2, 0.25) is 0 Å². The van der Waals surface area contributed by atoms with Crippen molar-refractivity contribution >= 4 is 45.5 Å². The van der Waals surface area contributed by atoms with Gasteiger partial charge in [0.1, 0.15) is 15.9 Å².